The summed E-state index contributed by atoms with van der Waals surface area (Å²) in [6.45, 7) is 2.04. The Hall–Kier alpha value is -1.18. The van der Waals surface area contributed by atoms with E-state index < -0.39 is 0 Å². The molecule has 2 heteroatoms. The van der Waals surface area contributed by atoms with Crippen LogP contribution < -0.4 is 0 Å². The lowest BCUT2D eigenvalue weighted by molar-refractivity contribution is -0.127. The van der Waals surface area contributed by atoms with E-state index in [0.717, 1.165) is 5.56 Å². The molecule has 0 unspecified atom stereocenters. The number of carbonyl (C=O) groups is 1. The maximum atomic E-state index is 12.6. The Labute approximate surface area is 76.6 Å². The molecule has 1 aromatic rings. The highest BCUT2D eigenvalue weighted by Crippen LogP contribution is 2.40. The summed E-state index contributed by atoms with van der Waals surface area (Å²) in [4.78, 5) is 10.9. The molecule has 1 fully saturated rings. The maximum Gasteiger partial charge on any atom is 0.134 e. The van der Waals surface area contributed by atoms with Gasteiger partial charge in [0, 0.05) is 18.3 Å². The van der Waals surface area contributed by atoms with E-state index in [2.05, 4.69) is 0 Å². The van der Waals surface area contributed by atoms with Crippen LogP contribution in [0, 0.1) is 5.82 Å². The summed E-state index contributed by atoms with van der Waals surface area (Å²) in [6.07, 6.45) is 1.19. The second-order valence-corrected chi connectivity index (χ2v) is 3.96. The van der Waals surface area contributed by atoms with Gasteiger partial charge in [0.15, 0.2) is 0 Å². The van der Waals surface area contributed by atoms with Gasteiger partial charge in [-0.05, 0) is 17.7 Å². The van der Waals surface area contributed by atoms with Crippen molar-refractivity contribution in [2.75, 3.05) is 0 Å². The van der Waals surface area contributed by atoms with Crippen molar-refractivity contribution in [3.05, 3.63) is 35.6 Å². The molecular weight excluding hydrogens is 167 g/mol. The molecule has 1 aromatic carbocycles. The van der Waals surface area contributed by atoms with Crippen LogP contribution in [-0.2, 0) is 10.2 Å². The quantitative estimate of drug-likeness (QED) is 0.645. The van der Waals surface area contributed by atoms with Crippen LogP contribution in [0.4, 0.5) is 4.39 Å². The van der Waals surface area contributed by atoms with Gasteiger partial charge in [-0.25, -0.2) is 4.39 Å². The first-order valence-electron chi connectivity index (χ1n) is 4.38. The fourth-order valence-corrected chi connectivity index (χ4v) is 1.87. The van der Waals surface area contributed by atoms with Crippen LogP contribution in [0.1, 0.15) is 25.3 Å². The molecule has 1 aliphatic carbocycles. The van der Waals surface area contributed by atoms with E-state index in [4.69, 9.17) is 0 Å². The number of halogens is 1. The molecule has 0 aromatic heterocycles. The lowest BCUT2D eigenvalue weighted by Crippen LogP contribution is -2.38. The van der Waals surface area contributed by atoms with E-state index in [1.54, 1.807) is 12.1 Å². The van der Waals surface area contributed by atoms with Crippen molar-refractivity contribution in [1.29, 1.82) is 0 Å². The van der Waals surface area contributed by atoms with Gasteiger partial charge in [-0.2, -0.15) is 0 Å². The molecule has 1 aliphatic rings. The van der Waals surface area contributed by atoms with Crippen LogP contribution >= 0.6 is 0 Å². The molecule has 0 amide bonds. The summed E-state index contributed by atoms with van der Waals surface area (Å²) >= 11 is 0. The summed E-state index contributed by atoms with van der Waals surface area (Å²) in [7, 11) is 0. The Morgan fingerprint density at radius 1 is 1.23 bits per heavy atom. The number of ketones is 1. The van der Waals surface area contributed by atoms with E-state index in [9.17, 15) is 9.18 Å². The standard InChI is InChI=1S/C11H11FO/c1-11(6-10(13)7-11)8-2-4-9(12)5-3-8/h2-5H,6-7H2,1H3. The molecule has 0 N–H and O–H groups in total. The van der Waals surface area contributed by atoms with E-state index in [1.165, 1.54) is 12.1 Å². The fourth-order valence-electron chi connectivity index (χ4n) is 1.87. The molecule has 0 radical (unpaired) electrons. The first-order chi connectivity index (χ1) is 6.10. The molecule has 1 nitrogen and oxygen atoms in total. The van der Waals surface area contributed by atoms with E-state index in [-0.39, 0.29) is 11.2 Å². The first kappa shape index (κ1) is 8.42. The van der Waals surface area contributed by atoms with Crippen molar-refractivity contribution in [2.24, 2.45) is 0 Å². The zero-order valence-corrected chi connectivity index (χ0v) is 7.51. The fraction of sp³-hybridized carbons (Fsp3) is 0.364. The van der Waals surface area contributed by atoms with Gasteiger partial charge in [0.1, 0.15) is 11.6 Å². The Morgan fingerprint density at radius 3 is 2.23 bits per heavy atom. The molecule has 0 bridgehead atoms. The maximum absolute atomic E-state index is 12.6. The predicted molar refractivity (Wildman–Crippen MR) is 48.0 cm³/mol. The Kier molecular flexibility index (Phi) is 1.72. The minimum atomic E-state index is -0.224. The number of benzene rings is 1. The SMILES string of the molecule is CC1(c2ccc(F)cc2)CC(=O)C1. The zero-order valence-electron chi connectivity index (χ0n) is 7.51. The van der Waals surface area contributed by atoms with E-state index >= 15 is 0 Å². The van der Waals surface area contributed by atoms with Crippen molar-refractivity contribution < 1.29 is 9.18 Å². The molecule has 1 saturated carbocycles. The van der Waals surface area contributed by atoms with Crippen LogP contribution in [0.3, 0.4) is 0 Å². The van der Waals surface area contributed by atoms with Crippen molar-refractivity contribution in [3.8, 4) is 0 Å². The second-order valence-electron chi connectivity index (χ2n) is 3.96. The number of Topliss-reactive ketones (excluding diaryl/α,β-unsaturated/α-hetero) is 1. The van der Waals surface area contributed by atoms with Gasteiger partial charge >= 0.3 is 0 Å². The van der Waals surface area contributed by atoms with Crippen molar-refractivity contribution >= 4 is 5.78 Å². The summed E-state index contributed by atoms with van der Waals surface area (Å²) < 4.78 is 12.6. The molecule has 13 heavy (non-hydrogen) atoms. The number of carbonyl (C=O) groups excluding carboxylic acids is 1. The Bertz CT molecular complexity index is 332. The van der Waals surface area contributed by atoms with Crippen molar-refractivity contribution in [3.63, 3.8) is 0 Å². The highest BCUT2D eigenvalue weighted by molar-refractivity contribution is 5.88. The van der Waals surface area contributed by atoms with Gasteiger partial charge in [0.25, 0.3) is 0 Å². The van der Waals surface area contributed by atoms with Crippen LogP contribution in [0.5, 0.6) is 0 Å². The van der Waals surface area contributed by atoms with Crippen LogP contribution in [0.25, 0.3) is 0 Å². The number of rotatable bonds is 1. The van der Waals surface area contributed by atoms with Crippen LogP contribution in [-0.4, -0.2) is 5.78 Å². The molecule has 0 heterocycles. The normalized spacial score (nSPS) is 19.7. The van der Waals surface area contributed by atoms with Gasteiger partial charge in [0.2, 0.25) is 0 Å². The molecule has 0 atom stereocenters. The monoisotopic (exact) mass is 178 g/mol. The van der Waals surface area contributed by atoms with E-state index in [0.29, 0.717) is 18.6 Å². The van der Waals surface area contributed by atoms with Gasteiger partial charge < -0.3 is 0 Å². The van der Waals surface area contributed by atoms with Gasteiger partial charge in [-0.3, -0.25) is 4.79 Å². The topological polar surface area (TPSA) is 17.1 Å². The molecule has 2 rings (SSSR count). The zero-order chi connectivity index (χ0) is 9.47. The minimum Gasteiger partial charge on any atom is -0.300 e. The van der Waals surface area contributed by atoms with Gasteiger partial charge in [-0.1, -0.05) is 19.1 Å². The predicted octanol–water partition coefficient (Wildman–Crippen LogP) is 2.45. The molecule has 0 spiro atoms. The lowest BCUT2D eigenvalue weighted by Gasteiger charge is -2.37. The number of hydrogen-bond donors (Lipinski definition) is 0. The van der Waals surface area contributed by atoms with Gasteiger partial charge in [-0.15, -0.1) is 0 Å². The van der Waals surface area contributed by atoms with Crippen LogP contribution in [0.2, 0.25) is 0 Å². The summed E-state index contributed by atoms with van der Waals surface area (Å²) in [6, 6.07) is 6.43. The molecular formula is C11H11FO. The third kappa shape index (κ3) is 1.37. The molecule has 0 aliphatic heterocycles. The summed E-state index contributed by atoms with van der Waals surface area (Å²) in [5.74, 6) is 0.0739. The highest BCUT2D eigenvalue weighted by Gasteiger charge is 2.40. The molecule has 0 saturated heterocycles. The van der Waals surface area contributed by atoms with E-state index in [1.807, 2.05) is 6.92 Å². The molecule has 68 valence electrons. The average molecular weight is 178 g/mol. The van der Waals surface area contributed by atoms with Gasteiger partial charge in [0.05, 0.1) is 0 Å². The van der Waals surface area contributed by atoms with Crippen molar-refractivity contribution in [2.45, 2.75) is 25.2 Å². The lowest BCUT2D eigenvalue weighted by atomic mass is 9.65. The first-order valence-corrected chi connectivity index (χ1v) is 4.38. The average Bonchev–Trinajstić information content (AvgIpc) is 2.03. The Balaban J connectivity index is 2.26. The number of hydrogen-bond acceptors (Lipinski definition) is 1. The largest absolute Gasteiger partial charge is 0.300 e. The highest BCUT2D eigenvalue weighted by atomic mass is 19.1. The summed E-state index contributed by atoms with van der Waals surface area (Å²) in [5.41, 5.74) is 1.03. The second kappa shape index (κ2) is 2.66. The van der Waals surface area contributed by atoms with Crippen molar-refractivity contribution in [1.82, 2.24) is 0 Å². The third-order valence-electron chi connectivity index (χ3n) is 2.72. The third-order valence-corrected chi connectivity index (χ3v) is 2.72. The summed E-state index contributed by atoms with van der Waals surface area (Å²) in [5, 5.41) is 0. The Morgan fingerprint density at radius 2 is 1.77 bits per heavy atom. The smallest absolute Gasteiger partial charge is 0.134 e. The minimum absolute atomic E-state index is 0.0369. The van der Waals surface area contributed by atoms with Crippen LogP contribution in [0.15, 0.2) is 24.3 Å².